The number of hydrogen-bond acceptors (Lipinski definition) is 2. The van der Waals surface area contributed by atoms with Crippen molar-refractivity contribution in [3.8, 4) is 0 Å². The minimum absolute atomic E-state index is 0.252. The molecule has 0 radical (unpaired) electrons. The number of benzene rings is 2. The summed E-state index contributed by atoms with van der Waals surface area (Å²) in [6.07, 6.45) is 2.71. The molecule has 0 bridgehead atoms. The average Bonchev–Trinajstić information content (AvgIpc) is 2.54. The van der Waals surface area contributed by atoms with E-state index in [4.69, 9.17) is 10.1 Å². The number of hydrogen-bond donors (Lipinski definition) is 1. The van der Waals surface area contributed by atoms with Crippen LogP contribution < -0.4 is 0 Å². The van der Waals surface area contributed by atoms with Crippen LogP contribution in [0.3, 0.4) is 0 Å². The molecule has 110 valence electrons. The zero-order valence-electron chi connectivity index (χ0n) is 12.1. The third kappa shape index (κ3) is 2.30. The monoisotopic (exact) mass is 353 g/mol. The highest BCUT2D eigenvalue weighted by Gasteiger charge is 2.32. The molecule has 2 aromatic rings. The minimum Gasteiger partial charge on any atom is -0.443 e. The van der Waals surface area contributed by atoms with E-state index in [2.05, 4.69) is 52.3 Å². The summed E-state index contributed by atoms with van der Waals surface area (Å²) in [6, 6.07) is 16.8. The molecule has 0 saturated carbocycles. The predicted octanol–water partition coefficient (Wildman–Crippen LogP) is 5.29. The molecule has 0 spiro atoms. The summed E-state index contributed by atoms with van der Waals surface area (Å²) in [6.45, 7) is 0. The number of rotatable bonds is 1. The van der Waals surface area contributed by atoms with Gasteiger partial charge in [-0.15, -0.1) is 0 Å². The molecule has 4 rings (SSSR count). The second-order valence-electron chi connectivity index (χ2n) is 5.85. The van der Waals surface area contributed by atoms with Gasteiger partial charge in [-0.05, 0) is 41.7 Å². The first-order valence-corrected chi connectivity index (χ1v) is 8.34. The lowest BCUT2D eigenvalue weighted by Crippen LogP contribution is -2.23. The van der Waals surface area contributed by atoms with E-state index in [0.717, 1.165) is 28.6 Å². The molecule has 1 heterocycles. The maximum absolute atomic E-state index is 8.12. The van der Waals surface area contributed by atoms with Crippen LogP contribution in [0.2, 0.25) is 0 Å². The van der Waals surface area contributed by atoms with Crippen LogP contribution in [0.4, 0.5) is 0 Å². The fraction of sp³-hybridized carbons (Fsp3) is 0.211. The van der Waals surface area contributed by atoms with E-state index in [-0.39, 0.29) is 5.92 Å². The fourth-order valence-electron chi connectivity index (χ4n) is 3.48. The topological polar surface area (TPSA) is 33.1 Å². The molecular formula is C19H16BrNO. The molecule has 22 heavy (non-hydrogen) atoms. The highest BCUT2D eigenvalue weighted by Crippen LogP contribution is 2.44. The summed E-state index contributed by atoms with van der Waals surface area (Å²) in [7, 11) is 0. The van der Waals surface area contributed by atoms with Crippen LogP contribution >= 0.6 is 15.9 Å². The Hall–Kier alpha value is -1.87. The number of fused-ring (bicyclic) bond motifs is 2. The molecule has 2 aliphatic rings. The molecule has 2 aromatic carbocycles. The van der Waals surface area contributed by atoms with Gasteiger partial charge < -0.3 is 4.74 Å². The highest BCUT2D eigenvalue weighted by atomic mass is 79.9. The Bertz CT molecular complexity index is 794. The van der Waals surface area contributed by atoms with Gasteiger partial charge in [0.25, 0.3) is 0 Å². The summed E-state index contributed by atoms with van der Waals surface area (Å²) in [5, 5.41) is 8.12. The Labute approximate surface area is 138 Å². The summed E-state index contributed by atoms with van der Waals surface area (Å²) in [5.41, 5.74) is 5.08. The molecule has 1 aliphatic heterocycles. The van der Waals surface area contributed by atoms with Crippen molar-refractivity contribution in [2.24, 2.45) is 0 Å². The van der Waals surface area contributed by atoms with Gasteiger partial charge in [-0.1, -0.05) is 52.3 Å². The van der Waals surface area contributed by atoms with Crippen molar-refractivity contribution in [2.45, 2.75) is 25.2 Å². The second-order valence-corrected chi connectivity index (χ2v) is 6.76. The fourth-order valence-corrected chi connectivity index (χ4v) is 3.90. The lowest BCUT2D eigenvalue weighted by atomic mass is 9.78. The zero-order chi connectivity index (χ0) is 15.1. The highest BCUT2D eigenvalue weighted by molar-refractivity contribution is 9.10. The molecule has 1 N–H and O–H groups in total. The Balaban J connectivity index is 1.86. The van der Waals surface area contributed by atoms with Crippen molar-refractivity contribution < 1.29 is 4.74 Å². The van der Waals surface area contributed by atoms with Crippen molar-refractivity contribution in [3.05, 3.63) is 75.3 Å². The van der Waals surface area contributed by atoms with Gasteiger partial charge in [-0.3, -0.25) is 5.41 Å². The number of aryl methyl sites for hydroxylation is 1. The van der Waals surface area contributed by atoms with Gasteiger partial charge in [-0.25, -0.2) is 0 Å². The van der Waals surface area contributed by atoms with Gasteiger partial charge >= 0.3 is 0 Å². The van der Waals surface area contributed by atoms with Crippen LogP contribution in [0.5, 0.6) is 0 Å². The van der Waals surface area contributed by atoms with E-state index in [9.17, 15) is 0 Å². The first-order valence-electron chi connectivity index (χ1n) is 7.54. The standard InChI is InChI=1S/C19H16BrNO/c20-14-6-3-5-13(10-14)17-11-18(21)22-19-15-7-2-1-4-12(15)8-9-16(17)19/h1-7,10,17,21H,8-9,11H2. The second kappa shape index (κ2) is 5.40. The van der Waals surface area contributed by atoms with Crippen LogP contribution in [0, 0.1) is 5.41 Å². The van der Waals surface area contributed by atoms with E-state index in [0.29, 0.717) is 12.3 Å². The summed E-state index contributed by atoms with van der Waals surface area (Å²) in [4.78, 5) is 0. The molecule has 0 amide bonds. The first-order chi connectivity index (χ1) is 10.7. The Morgan fingerprint density at radius 1 is 1.05 bits per heavy atom. The summed E-state index contributed by atoms with van der Waals surface area (Å²) in [5.74, 6) is 1.53. The van der Waals surface area contributed by atoms with Crippen LogP contribution in [-0.4, -0.2) is 5.90 Å². The molecule has 1 unspecified atom stereocenters. The molecule has 0 aromatic heterocycles. The normalized spacial score (nSPS) is 20.2. The third-order valence-corrected chi connectivity index (χ3v) is 5.00. The van der Waals surface area contributed by atoms with Crippen molar-refractivity contribution in [1.82, 2.24) is 0 Å². The van der Waals surface area contributed by atoms with E-state index in [1.54, 1.807) is 0 Å². The SMILES string of the molecule is N=C1CC(c2cccc(Br)c2)C2=C(O1)c1ccccc1CC2. The summed E-state index contributed by atoms with van der Waals surface area (Å²) >= 11 is 3.56. The van der Waals surface area contributed by atoms with E-state index in [1.165, 1.54) is 16.7 Å². The lowest BCUT2D eigenvalue weighted by Gasteiger charge is -2.33. The van der Waals surface area contributed by atoms with Gasteiger partial charge in [0.05, 0.1) is 0 Å². The van der Waals surface area contributed by atoms with Gasteiger partial charge in [0.15, 0.2) is 5.90 Å². The summed E-state index contributed by atoms with van der Waals surface area (Å²) < 4.78 is 6.93. The quantitative estimate of drug-likeness (QED) is 0.742. The van der Waals surface area contributed by atoms with Gasteiger partial charge in [-0.2, -0.15) is 0 Å². The smallest absolute Gasteiger partial charge is 0.188 e. The minimum atomic E-state index is 0.252. The molecule has 1 aliphatic carbocycles. The lowest BCUT2D eigenvalue weighted by molar-refractivity contribution is 0.438. The number of allylic oxidation sites excluding steroid dienone is 1. The Morgan fingerprint density at radius 3 is 2.77 bits per heavy atom. The molecule has 1 atom stereocenters. The van der Waals surface area contributed by atoms with Crippen LogP contribution in [0.1, 0.15) is 35.4 Å². The molecule has 2 nitrogen and oxygen atoms in total. The third-order valence-electron chi connectivity index (χ3n) is 4.50. The van der Waals surface area contributed by atoms with E-state index >= 15 is 0 Å². The van der Waals surface area contributed by atoms with Crippen molar-refractivity contribution >= 4 is 27.6 Å². The number of nitrogens with one attached hydrogen (secondary N) is 1. The van der Waals surface area contributed by atoms with Gasteiger partial charge in [0.1, 0.15) is 5.76 Å². The van der Waals surface area contributed by atoms with Gasteiger partial charge in [0, 0.05) is 22.4 Å². The van der Waals surface area contributed by atoms with Crippen LogP contribution in [-0.2, 0) is 11.2 Å². The average molecular weight is 354 g/mol. The first kappa shape index (κ1) is 13.8. The zero-order valence-corrected chi connectivity index (χ0v) is 13.7. The Kier molecular flexibility index (Phi) is 3.38. The van der Waals surface area contributed by atoms with Crippen LogP contribution in [0.15, 0.2) is 58.6 Å². The molecule has 3 heteroatoms. The largest absolute Gasteiger partial charge is 0.443 e. The van der Waals surface area contributed by atoms with Crippen molar-refractivity contribution in [2.75, 3.05) is 0 Å². The van der Waals surface area contributed by atoms with E-state index in [1.807, 2.05) is 12.1 Å². The molecular weight excluding hydrogens is 338 g/mol. The van der Waals surface area contributed by atoms with Crippen LogP contribution in [0.25, 0.3) is 5.76 Å². The number of halogens is 1. The van der Waals surface area contributed by atoms with E-state index < -0.39 is 0 Å². The van der Waals surface area contributed by atoms with Gasteiger partial charge in [0.2, 0.25) is 0 Å². The number of ether oxygens (including phenoxy) is 1. The Morgan fingerprint density at radius 2 is 1.91 bits per heavy atom. The molecule has 0 saturated heterocycles. The molecule has 0 fully saturated rings. The van der Waals surface area contributed by atoms with Crippen molar-refractivity contribution in [1.29, 1.82) is 5.41 Å². The predicted molar refractivity (Wildman–Crippen MR) is 92.0 cm³/mol. The maximum Gasteiger partial charge on any atom is 0.188 e. The van der Waals surface area contributed by atoms with Crippen molar-refractivity contribution in [3.63, 3.8) is 0 Å². The maximum atomic E-state index is 8.12.